The highest BCUT2D eigenvalue weighted by atomic mass is 35.5. The molecule has 0 saturated carbocycles. The Morgan fingerprint density at radius 3 is 2.48 bits per heavy atom. The van der Waals surface area contributed by atoms with E-state index in [1.807, 2.05) is 43.3 Å². The lowest BCUT2D eigenvalue weighted by Gasteiger charge is -2.09. The van der Waals surface area contributed by atoms with E-state index in [-0.39, 0.29) is 11.6 Å². The molecule has 0 amide bonds. The minimum Gasteiger partial charge on any atom is -0.383 e. The topological polar surface area (TPSA) is 56.0 Å². The normalized spacial score (nSPS) is 10.5. The number of aryl methyl sites for hydroxylation is 1. The van der Waals surface area contributed by atoms with Gasteiger partial charge in [0.1, 0.15) is 5.82 Å². The molecule has 0 aliphatic carbocycles. The minimum atomic E-state index is -0.142. The number of carbonyl (C=O) groups excluding carboxylic acids is 1. The highest BCUT2D eigenvalue weighted by Gasteiger charge is 2.14. The van der Waals surface area contributed by atoms with Gasteiger partial charge in [0.05, 0.1) is 5.56 Å². The summed E-state index contributed by atoms with van der Waals surface area (Å²) in [7, 11) is 0. The summed E-state index contributed by atoms with van der Waals surface area (Å²) in [6.07, 6.45) is 1.65. The van der Waals surface area contributed by atoms with Crippen LogP contribution >= 0.6 is 11.6 Å². The average molecular weight is 323 g/mol. The van der Waals surface area contributed by atoms with Crippen LogP contribution in [0, 0.1) is 6.92 Å². The van der Waals surface area contributed by atoms with Crippen LogP contribution in [0.2, 0.25) is 5.02 Å². The van der Waals surface area contributed by atoms with E-state index in [0.29, 0.717) is 16.1 Å². The Labute approximate surface area is 139 Å². The zero-order chi connectivity index (χ0) is 16.4. The maximum atomic E-state index is 12.6. The summed E-state index contributed by atoms with van der Waals surface area (Å²) in [5.41, 5.74) is 9.64. The number of pyridine rings is 1. The summed E-state index contributed by atoms with van der Waals surface area (Å²) in [5, 5.41) is 0.646. The van der Waals surface area contributed by atoms with Crippen molar-refractivity contribution in [3.05, 3.63) is 82.5 Å². The second-order valence-electron chi connectivity index (χ2n) is 5.37. The van der Waals surface area contributed by atoms with Gasteiger partial charge < -0.3 is 5.73 Å². The van der Waals surface area contributed by atoms with Crippen molar-refractivity contribution >= 4 is 23.2 Å². The van der Waals surface area contributed by atoms with Gasteiger partial charge in [0, 0.05) is 22.3 Å². The number of hydrogen-bond acceptors (Lipinski definition) is 3. The summed E-state index contributed by atoms with van der Waals surface area (Å²) in [6.45, 7) is 1.97. The van der Waals surface area contributed by atoms with Gasteiger partial charge in [0.25, 0.3) is 0 Å². The molecule has 2 N–H and O–H groups in total. The molecule has 1 aromatic heterocycles. The molecule has 0 atom stereocenters. The summed E-state index contributed by atoms with van der Waals surface area (Å²) in [4.78, 5) is 16.8. The van der Waals surface area contributed by atoms with Gasteiger partial charge in [-0.1, -0.05) is 48.0 Å². The predicted molar refractivity (Wildman–Crippen MR) is 93.7 cm³/mol. The third kappa shape index (κ3) is 3.25. The van der Waals surface area contributed by atoms with Gasteiger partial charge in [0.15, 0.2) is 5.78 Å². The number of carbonyl (C=O) groups is 1. The number of nitrogen functional groups attached to an aromatic ring is 1. The number of benzene rings is 2. The van der Waals surface area contributed by atoms with Crippen LogP contribution in [0.25, 0.3) is 11.1 Å². The van der Waals surface area contributed by atoms with Crippen molar-refractivity contribution in [1.29, 1.82) is 0 Å². The third-order valence-corrected chi connectivity index (χ3v) is 3.79. The fourth-order valence-electron chi connectivity index (χ4n) is 2.46. The van der Waals surface area contributed by atoms with Crippen molar-refractivity contribution in [3.63, 3.8) is 0 Å². The summed E-state index contributed by atoms with van der Waals surface area (Å²) >= 11 is 6.12. The van der Waals surface area contributed by atoms with E-state index in [0.717, 1.165) is 16.7 Å². The van der Waals surface area contributed by atoms with Crippen molar-refractivity contribution in [2.45, 2.75) is 6.92 Å². The van der Waals surface area contributed by atoms with Gasteiger partial charge in [-0.15, -0.1) is 0 Å². The van der Waals surface area contributed by atoms with Crippen LogP contribution in [0.4, 0.5) is 5.82 Å². The molecule has 0 bridgehead atoms. The SMILES string of the molecule is Cc1cc(Cl)cc(-c2cnc(N)c(C(=O)c3ccccc3)c2)c1. The second kappa shape index (κ2) is 6.23. The smallest absolute Gasteiger partial charge is 0.196 e. The first-order valence-corrected chi connectivity index (χ1v) is 7.55. The molecular weight excluding hydrogens is 308 g/mol. The van der Waals surface area contributed by atoms with Crippen LogP contribution in [-0.4, -0.2) is 10.8 Å². The Hall–Kier alpha value is -2.65. The standard InChI is InChI=1S/C19H15ClN2O/c1-12-7-14(9-16(20)8-12)15-10-17(19(21)22-11-15)18(23)13-5-3-2-4-6-13/h2-11H,1H3,(H2,21,22). The average Bonchev–Trinajstić information content (AvgIpc) is 2.54. The van der Waals surface area contributed by atoms with E-state index < -0.39 is 0 Å². The third-order valence-electron chi connectivity index (χ3n) is 3.57. The van der Waals surface area contributed by atoms with Gasteiger partial charge in [-0.05, 0) is 36.2 Å². The quantitative estimate of drug-likeness (QED) is 0.721. The molecule has 3 nitrogen and oxygen atoms in total. The number of rotatable bonds is 3. The van der Waals surface area contributed by atoms with Crippen molar-refractivity contribution in [3.8, 4) is 11.1 Å². The Kier molecular flexibility index (Phi) is 4.13. The van der Waals surface area contributed by atoms with Crippen LogP contribution in [0.3, 0.4) is 0 Å². The Balaban J connectivity index is 2.08. The number of hydrogen-bond donors (Lipinski definition) is 1. The molecule has 3 rings (SSSR count). The monoisotopic (exact) mass is 322 g/mol. The molecule has 0 saturated heterocycles. The fourth-order valence-corrected chi connectivity index (χ4v) is 2.75. The first-order valence-electron chi connectivity index (χ1n) is 7.17. The van der Waals surface area contributed by atoms with Crippen LogP contribution < -0.4 is 5.73 Å². The van der Waals surface area contributed by atoms with Crippen LogP contribution in [0.1, 0.15) is 21.5 Å². The molecule has 1 heterocycles. The first-order chi connectivity index (χ1) is 11.0. The molecule has 0 spiro atoms. The molecule has 23 heavy (non-hydrogen) atoms. The lowest BCUT2D eigenvalue weighted by atomic mass is 9.99. The summed E-state index contributed by atoms with van der Waals surface area (Å²) < 4.78 is 0. The maximum absolute atomic E-state index is 12.6. The number of anilines is 1. The number of ketones is 1. The van der Waals surface area contributed by atoms with E-state index in [4.69, 9.17) is 17.3 Å². The van der Waals surface area contributed by atoms with Crippen molar-refractivity contribution in [2.75, 3.05) is 5.73 Å². The van der Waals surface area contributed by atoms with E-state index in [2.05, 4.69) is 4.98 Å². The molecule has 2 aromatic carbocycles. The molecular formula is C19H15ClN2O. The van der Waals surface area contributed by atoms with Gasteiger partial charge in [-0.3, -0.25) is 4.79 Å². The highest BCUT2D eigenvalue weighted by molar-refractivity contribution is 6.31. The number of halogens is 1. The largest absolute Gasteiger partial charge is 0.383 e. The van der Waals surface area contributed by atoms with E-state index in [9.17, 15) is 4.79 Å². The number of nitrogens with zero attached hydrogens (tertiary/aromatic N) is 1. The van der Waals surface area contributed by atoms with Crippen LogP contribution in [0.15, 0.2) is 60.8 Å². The van der Waals surface area contributed by atoms with E-state index >= 15 is 0 Å². The molecule has 3 aromatic rings. The van der Waals surface area contributed by atoms with Crippen LogP contribution in [-0.2, 0) is 0 Å². The molecule has 0 fully saturated rings. The first kappa shape index (κ1) is 15.3. The summed E-state index contributed by atoms with van der Waals surface area (Å²) in [5.74, 6) is 0.0811. The molecule has 0 aliphatic rings. The molecule has 0 unspecified atom stereocenters. The lowest BCUT2D eigenvalue weighted by molar-refractivity contribution is 0.103. The number of aromatic nitrogens is 1. The molecule has 114 valence electrons. The molecule has 0 radical (unpaired) electrons. The second-order valence-corrected chi connectivity index (χ2v) is 5.81. The van der Waals surface area contributed by atoms with Gasteiger partial charge in [-0.2, -0.15) is 0 Å². The Morgan fingerprint density at radius 1 is 1.04 bits per heavy atom. The number of nitrogens with two attached hydrogens (primary N) is 1. The zero-order valence-corrected chi connectivity index (χ0v) is 13.3. The van der Waals surface area contributed by atoms with E-state index in [1.54, 1.807) is 24.4 Å². The van der Waals surface area contributed by atoms with Gasteiger partial charge in [-0.25, -0.2) is 4.98 Å². The van der Waals surface area contributed by atoms with Gasteiger partial charge >= 0.3 is 0 Å². The zero-order valence-electron chi connectivity index (χ0n) is 12.6. The van der Waals surface area contributed by atoms with Crippen molar-refractivity contribution < 1.29 is 4.79 Å². The van der Waals surface area contributed by atoms with Crippen molar-refractivity contribution in [2.24, 2.45) is 0 Å². The molecule has 4 heteroatoms. The maximum Gasteiger partial charge on any atom is 0.196 e. The fraction of sp³-hybridized carbons (Fsp3) is 0.0526. The predicted octanol–water partition coefficient (Wildman–Crippen LogP) is 4.52. The van der Waals surface area contributed by atoms with Crippen LogP contribution in [0.5, 0.6) is 0 Å². The lowest BCUT2D eigenvalue weighted by Crippen LogP contribution is -2.07. The molecule has 0 aliphatic heterocycles. The van der Waals surface area contributed by atoms with Crippen molar-refractivity contribution in [1.82, 2.24) is 4.98 Å². The Morgan fingerprint density at radius 2 is 1.78 bits per heavy atom. The van der Waals surface area contributed by atoms with E-state index in [1.165, 1.54) is 0 Å². The van der Waals surface area contributed by atoms with Gasteiger partial charge in [0.2, 0.25) is 0 Å². The Bertz CT molecular complexity index is 856. The highest BCUT2D eigenvalue weighted by Crippen LogP contribution is 2.27. The minimum absolute atomic E-state index is 0.142. The summed E-state index contributed by atoms with van der Waals surface area (Å²) in [6, 6.07) is 16.5.